The molecule has 0 fully saturated rings. The number of hydrogen-bond acceptors (Lipinski definition) is 3. The molecule has 0 radical (unpaired) electrons. The van der Waals surface area contributed by atoms with Crippen molar-refractivity contribution in [1.82, 2.24) is 19.8 Å². The second-order valence-electron chi connectivity index (χ2n) is 7.06. The molecule has 1 aromatic heterocycles. The van der Waals surface area contributed by atoms with E-state index in [9.17, 15) is 14.7 Å². The van der Waals surface area contributed by atoms with Gasteiger partial charge in [0.25, 0.3) is 5.91 Å². The number of benzene rings is 2. The van der Waals surface area contributed by atoms with Gasteiger partial charge in [0.1, 0.15) is 5.82 Å². The van der Waals surface area contributed by atoms with Crippen LogP contribution in [0.25, 0.3) is 11.4 Å². The summed E-state index contributed by atoms with van der Waals surface area (Å²) in [6, 6.07) is 19.1. The van der Waals surface area contributed by atoms with Crippen LogP contribution in [0.3, 0.4) is 0 Å². The fourth-order valence-electron chi connectivity index (χ4n) is 3.61. The Balaban J connectivity index is 1.70. The van der Waals surface area contributed by atoms with E-state index in [1.54, 1.807) is 0 Å². The van der Waals surface area contributed by atoms with Crippen molar-refractivity contribution in [3.8, 4) is 11.4 Å². The highest BCUT2D eigenvalue weighted by Crippen LogP contribution is 2.27. The second kappa shape index (κ2) is 7.79. The van der Waals surface area contributed by atoms with Gasteiger partial charge in [-0.15, -0.1) is 0 Å². The number of carboxylic acid groups (broad SMARTS) is 1. The number of carbonyl (C=O) groups is 2. The van der Waals surface area contributed by atoms with Gasteiger partial charge < -0.3 is 19.9 Å². The van der Waals surface area contributed by atoms with Crippen LogP contribution in [0.2, 0.25) is 0 Å². The van der Waals surface area contributed by atoms with Gasteiger partial charge in [-0.2, -0.15) is 0 Å². The van der Waals surface area contributed by atoms with Gasteiger partial charge in [-0.25, -0.2) is 9.78 Å². The molecule has 2 N–H and O–H groups in total. The summed E-state index contributed by atoms with van der Waals surface area (Å²) < 4.78 is 1.96. The van der Waals surface area contributed by atoms with Gasteiger partial charge >= 0.3 is 6.09 Å². The van der Waals surface area contributed by atoms with E-state index >= 15 is 0 Å². The number of hydrogen-bond donors (Lipinski definition) is 2. The summed E-state index contributed by atoms with van der Waals surface area (Å²) >= 11 is 0. The molecule has 0 spiro atoms. The molecule has 4 rings (SSSR count). The fraction of sp³-hybridized carbons (Fsp3) is 0.227. The molecule has 7 nitrogen and oxygen atoms in total. The maximum absolute atomic E-state index is 13.1. The molecule has 0 aliphatic carbocycles. The molecule has 2 amide bonds. The lowest BCUT2D eigenvalue weighted by Crippen LogP contribution is -2.38. The van der Waals surface area contributed by atoms with Crippen molar-refractivity contribution in [1.29, 1.82) is 0 Å². The second-order valence-corrected chi connectivity index (χ2v) is 7.06. The van der Waals surface area contributed by atoms with Crippen molar-refractivity contribution in [3.05, 3.63) is 77.6 Å². The molecule has 2 heterocycles. The van der Waals surface area contributed by atoms with E-state index in [0.29, 0.717) is 24.6 Å². The highest BCUT2D eigenvalue weighted by molar-refractivity contribution is 5.94. The highest BCUT2D eigenvalue weighted by Gasteiger charge is 2.30. The van der Waals surface area contributed by atoms with Crippen molar-refractivity contribution >= 4 is 12.0 Å². The van der Waals surface area contributed by atoms with Gasteiger partial charge in [0, 0.05) is 18.7 Å². The monoisotopic (exact) mass is 390 g/mol. The SMILES string of the molecule is C[C@H](NC(=O)c1nc(-c2ccccc2)n2c1CN(C(=O)O)CC2)c1ccccc1. The summed E-state index contributed by atoms with van der Waals surface area (Å²) in [7, 11) is 0. The van der Waals surface area contributed by atoms with Gasteiger partial charge in [-0.05, 0) is 12.5 Å². The van der Waals surface area contributed by atoms with Crippen LogP contribution in [0.5, 0.6) is 0 Å². The minimum atomic E-state index is -0.997. The van der Waals surface area contributed by atoms with E-state index in [1.807, 2.05) is 72.2 Å². The summed E-state index contributed by atoms with van der Waals surface area (Å²) in [6.45, 7) is 2.87. The van der Waals surface area contributed by atoms with E-state index in [2.05, 4.69) is 10.3 Å². The van der Waals surface area contributed by atoms with Crippen LogP contribution < -0.4 is 5.32 Å². The zero-order valence-corrected chi connectivity index (χ0v) is 16.1. The first-order valence-corrected chi connectivity index (χ1v) is 9.53. The highest BCUT2D eigenvalue weighted by atomic mass is 16.4. The van der Waals surface area contributed by atoms with Crippen LogP contribution in [-0.4, -0.2) is 38.1 Å². The predicted octanol–water partition coefficient (Wildman–Crippen LogP) is 3.53. The number of carbonyl (C=O) groups excluding carboxylic acids is 1. The third-order valence-corrected chi connectivity index (χ3v) is 5.17. The van der Waals surface area contributed by atoms with Gasteiger partial charge in [0.15, 0.2) is 5.69 Å². The molecule has 1 atom stereocenters. The van der Waals surface area contributed by atoms with Gasteiger partial charge in [-0.3, -0.25) is 4.79 Å². The molecule has 0 bridgehead atoms. The first-order chi connectivity index (χ1) is 14.0. The van der Waals surface area contributed by atoms with Crippen LogP contribution in [0.1, 0.15) is 34.7 Å². The zero-order chi connectivity index (χ0) is 20.4. The smallest absolute Gasteiger partial charge is 0.407 e. The van der Waals surface area contributed by atoms with Gasteiger partial charge in [0.2, 0.25) is 0 Å². The standard InChI is InChI=1S/C22H22N4O3/c1-15(16-8-4-2-5-9-16)23-21(27)19-18-14-25(22(28)29)12-13-26(18)20(24-19)17-10-6-3-7-11-17/h2-11,15H,12-14H2,1H3,(H,23,27)(H,28,29)/t15-/m0/s1. The minimum absolute atomic E-state index is 0.137. The van der Waals surface area contributed by atoms with E-state index in [1.165, 1.54) is 4.90 Å². The molecule has 2 aromatic carbocycles. The van der Waals surface area contributed by atoms with Gasteiger partial charge in [-0.1, -0.05) is 60.7 Å². The average molecular weight is 390 g/mol. The molecule has 7 heteroatoms. The molecule has 0 saturated carbocycles. The largest absolute Gasteiger partial charge is 0.465 e. The normalized spacial score (nSPS) is 14.2. The third kappa shape index (κ3) is 3.71. The third-order valence-electron chi connectivity index (χ3n) is 5.17. The maximum atomic E-state index is 13.1. The van der Waals surface area contributed by atoms with E-state index in [0.717, 1.165) is 11.1 Å². The maximum Gasteiger partial charge on any atom is 0.407 e. The Morgan fingerprint density at radius 3 is 2.34 bits per heavy atom. The molecule has 0 saturated heterocycles. The Labute approximate surface area is 168 Å². The topological polar surface area (TPSA) is 87.5 Å². The molecule has 1 aliphatic heterocycles. The Morgan fingerprint density at radius 2 is 1.69 bits per heavy atom. The average Bonchev–Trinajstić information content (AvgIpc) is 3.14. The minimum Gasteiger partial charge on any atom is -0.465 e. The van der Waals surface area contributed by atoms with Crippen molar-refractivity contribution in [2.45, 2.75) is 26.1 Å². The number of rotatable bonds is 4. The number of nitrogens with one attached hydrogen (secondary N) is 1. The van der Waals surface area contributed by atoms with Gasteiger partial charge in [0.05, 0.1) is 18.3 Å². The van der Waals surface area contributed by atoms with Crippen LogP contribution >= 0.6 is 0 Å². The number of fused-ring (bicyclic) bond motifs is 1. The van der Waals surface area contributed by atoms with Crippen molar-refractivity contribution in [3.63, 3.8) is 0 Å². The molecule has 1 aliphatic rings. The molecule has 3 aromatic rings. The van der Waals surface area contributed by atoms with Crippen LogP contribution in [0.4, 0.5) is 4.79 Å². The van der Waals surface area contributed by atoms with E-state index in [4.69, 9.17) is 0 Å². The molecule has 148 valence electrons. The first-order valence-electron chi connectivity index (χ1n) is 9.53. The number of imidazole rings is 1. The fourth-order valence-corrected chi connectivity index (χ4v) is 3.61. The Morgan fingerprint density at radius 1 is 1.03 bits per heavy atom. The van der Waals surface area contributed by atoms with E-state index < -0.39 is 6.09 Å². The Bertz CT molecular complexity index is 1030. The number of amides is 2. The lowest BCUT2D eigenvalue weighted by Gasteiger charge is -2.27. The zero-order valence-electron chi connectivity index (χ0n) is 16.1. The lowest BCUT2D eigenvalue weighted by atomic mass is 10.1. The van der Waals surface area contributed by atoms with E-state index in [-0.39, 0.29) is 24.2 Å². The summed E-state index contributed by atoms with van der Waals surface area (Å²) in [5.41, 5.74) is 2.78. The van der Waals surface area contributed by atoms with Crippen LogP contribution in [0.15, 0.2) is 60.7 Å². The molecule has 0 unspecified atom stereocenters. The summed E-state index contributed by atoms with van der Waals surface area (Å²) in [4.78, 5) is 30.5. The van der Waals surface area contributed by atoms with Crippen molar-refractivity contribution in [2.75, 3.05) is 6.54 Å². The number of aromatic nitrogens is 2. The van der Waals surface area contributed by atoms with Crippen molar-refractivity contribution < 1.29 is 14.7 Å². The summed E-state index contributed by atoms with van der Waals surface area (Å²) in [5, 5.41) is 12.4. The summed E-state index contributed by atoms with van der Waals surface area (Å²) in [5.74, 6) is 0.377. The molecular formula is C22H22N4O3. The predicted molar refractivity (Wildman–Crippen MR) is 108 cm³/mol. The summed E-state index contributed by atoms with van der Waals surface area (Å²) in [6.07, 6.45) is -0.997. The quantitative estimate of drug-likeness (QED) is 0.713. The van der Waals surface area contributed by atoms with Crippen molar-refractivity contribution in [2.24, 2.45) is 0 Å². The molecular weight excluding hydrogens is 368 g/mol. The Hall–Kier alpha value is -3.61. The lowest BCUT2D eigenvalue weighted by molar-refractivity contribution is 0.0929. The van der Waals surface area contributed by atoms with Crippen LogP contribution in [0, 0.1) is 0 Å². The molecule has 29 heavy (non-hydrogen) atoms. The first kappa shape index (κ1) is 18.7. The Kier molecular flexibility index (Phi) is 5.03. The number of nitrogens with zero attached hydrogens (tertiary/aromatic N) is 3. The van der Waals surface area contributed by atoms with Crippen LogP contribution in [-0.2, 0) is 13.1 Å².